The summed E-state index contributed by atoms with van der Waals surface area (Å²) in [6.45, 7) is 7.61. The van der Waals surface area contributed by atoms with Crippen LogP contribution in [0.5, 0.6) is 0 Å². The molecule has 16 heavy (non-hydrogen) atoms. The van der Waals surface area contributed by atoms with Crippen molar-refractivity contribution in [3.8, 4) is 0 Å². The van der Waals surface area contributed by atoms with E-state index in [1.54, 1.807) is 0 Å². The van der Waals surface area contributed by atoms with E-state index < -0.39 is 0 Å². The highest BCUT2D eigenvalue weighted by molar-refractivity contribution is 5.70. The van der Waals surface area contributed by atoms with Crippen molar-refractivity contribution >= 4 is 5.97 Å². The second-order valence-electron chi connectivity index (χ2n) is 5.12. The van der Waals surface area contributed by atoms with Crippen LogP contribution in [-0.4, -0.2) is 24.7 Å². The van der Waals surface area contributed by atoms with E-state index in [0.29, 0.717) is 13.0 Å². The smallest absolute Gasteiger partial charge is 0.307 e. The first-order chi connectivity index (χ1) is 7.59. The van der Waals surface area contributed by atoms with Gasteiger partial charge in [-0.2, -0.15) is 0 Å². The fourth-order valence-electron chi connectivity index (χ4n) is 2.12. The first kappa shape index (κ1) is 13.5. The third-order valence-electron chi connectivity index (χ3n) is 3.08. The fourth-order valence-corrected chi connectivity index (χ4v) is 2.12. The molecule has 3 heteroatoms. The van der Waals surface area contributed by atoms with Crippen molar-refractivity contribution in [3.63, 3.8) is 0 Å². The van der Waals surface area contributed by atoms with Crippen LogP contribution in [0.4, 0.5) is 0 Å². The van der Waals surface area contributed by atoms with E-state index in [0.717, 1.165) is 25.3 Å². The molecule has 0 bridgehead atoms. The lowest BCUT2D eigenvalue weighted by Gasteiger charge is -2.30. The first-order valence-corrected chi connectivity index (χ1v) is 6.50. The highest BCUT2D eigenvalue weighted by atomic mass is 16.5. The quantitative estimate of drug-likeness (QED) is 0.647. The predicted octanol–water partition coefficient (Wildman–Crippen LogP) is 2.50. The lowest BCUT2D eigenvalue weighted by molar-refractivity contribution is -0.144. The third-order valence-corrected chi connectivity index (χ3v) is 3.08. The maximum absolute atomic E-state index is 11.6. The van der Waals surface area contributed by atoms with Crippen molar-refractivity contribution in [2.24, 2.45) is 5.92 Å². The zero-order valence-electron chi connectivity index (χ0n) is 10.8. The highest BCUT2D eigenvalue weighted by Gasteiger charge is 2.34. The average Bonchev–Trinajstić information content (AvgIpc) is 2.98. The van der Waals surface area contributed by atoms with E-state index in [1.807, 2.05) is 6.92 Å². The van der Waals surface area contributed by atoms with Gasteiger partial charge in [-0.3, -0.25) is 4.79 Å². The summed E-state index contributed by atoms with van der Waals surface area (Å²) in [7, 11) is 0. The van der Waals surface area contributed by atoms with Crippen LogP contribution in [0, 0.1) is 5.92 Å². The first-order valence-electron chi connectivity index (χ1n) is 6.50. The van der Waals surface area contributed by atoms with E-state index in [2.05, 4.69) is 19.2 Å². The summed E-state index contributed by atoms with van der Waals surface area (Å²) < 4.78 is 5.04. The van der Waals surface area contributed by atoms with Gasteiger partial charge in [0.1, 0.15) is 0 Å². The van der Waals surface area contributed by atoms with Gasteiger partial charge in [-0.1, -0.05) is 19.8 Å². The molecule has 1 saturated carbocycles. The van der Waals surface area contributed by atoms with Crippen molar-refractivity contribution in [2.75, 3.05) is 13.2 Å². The van der Waals surface area contributed by atoms with Gasteiger partial charge in [0.2, 0.25) is 0 Å². The number of rotatable bonds is 8. The number of hydrogen-bond donors (Lipinski definition) is 1. The summed E-state index contributed by atoms with van der Waals surface area (Å²) in [6, 6.07) is 0. The summed E-state index contributed by atoms with van der Waals surface area (Å²) in [4.78, 5) is 11.6. The van der Waals surface area contributed by atoms with Crippen LogP contribution in [0.2, 0.25) is 0 Å². The van der Waals surface area contributed by atoms with Gasteiger partial charge in [0.25, 0.3) is 0 Å². The molecule has 1 fully saturated rings. The summed E-state index contributed by atoms with van der Waals surface area (Å²) in [5, 5.41) is 3.51. The van der Waals surface area contributed by atoms with Gasteiger partial charge in [-0.15, -0.1) is 0 Å². The Bertz CT molecular complexity index is 226. The molecule has 0 radical (unpaired) electrons. The van der Waals surface area contributed by atoms with Gasteiger partial charge in [0.15, 0.2) is 0 Å². The number of carbonyl (C=O) groups is 1. The molecule has 0 aromatic heterocycles. The summed E-state index contributed by atoms with van der Waals surface area (Å²) >= 11 is 0. The fraction of sp³-hybridized carbons (Fsp3) is 0.923. The maximum atomic E-state index is 11.6. The summed E-state index contributed by atoms with van der Waals surface area (Å²) in [6.07, 6.45) is 5.35. The minimum absolute atomic E-state index is 0.0660. The maximum Gasteiger partial charge on any atom is 0.307 e. The van der Waals surface area contributed by atoms with Gasteiger partial charge in [0, 0.05) is 5.54 Å². The molecule has 1 atom stereocenters. The monoisotopic (exact) mass is 227 g/mol. The van der Waals surface area contributed by atoms with Gasteiger partial charge in [-0.25, -0.2) is 0 Å². The number of hydrogen-bond acceptors (Lipinski definition) is 3. The Balaban J connectivity index is 2.43. The molecule has 0 aromatic rings. The molecule has 0 amide bonds. The van der Waals surface area contributed by atoms with Crippen molar-refractivity contribution < 1.29 is 9.53 Å². The van der Waals surface area contributed by atoms with Crippen molar-refractivity contribution in [1.29, 1.82) is 0 Å². The van der Waals surface area contributed by atoms with Crippen LogP contribution in [0.15, 0.2) is 0 Å². The molecule has 1 aliphatic rings. The number of nitrogens with one attached hydrogen (secondary N) is 1. The number of carbonyl (C=O) groups excluding carboxylic acids is 1. The minimum Gasteiger partial charge on any atom is -0.466 e. The number of ether oxygens (including phenoxy) is 1. The van der Waals surface area contributed by atoms with Crippen LogP contribution in [0.3, 0.4) is 0 Å². The largest absolute Gasteiger partial charge is 0.466 e. The van der Waals surface area contributed by atoms with E-state index in [1.165, 1.54) is 12.8 Å². The molecule has 1 N–H and O–H groups in total. The molecule has 3 nitrogen and oxygen atoms in total. The Morgan fingerprint density at radius 2 is 2.12 bits per heavy atom. The lowest BCUT2D eigenvalue weighted by Crippen LogP contribution is -2.45. The lowest BCUT2D eigenvalue weighted by atomic mass is 9.91. The summed E-state index contributed by atoms with van der Waals surface area (Å²) in [5.41, 5.74) is -0.0660. The van der Waals surface area contributed by atoms with Crippen LogP contribution in [-0.2, 0) is 9.53 Å². The van der Waals surface area contributed by atoms with Crippen molar-refractivity contribution in [2.45, 2.75) is 58.4 Å². The standard InChI is InChI=1S/C13H25NO2/c1-4-8-14-13(3,9-11-6-7-11)10-12(15)16-5-2/h11,14H,4-10H2,1-3H3. The predicted molar refractivity (Wildman–Crippen MR) is 65.3 cm³/mol. The Hall–Kier alpha value is -0.570. The molecular weight excluding hydrogens is 202 g/mol. The third kappa shape index (κ3) is 4.97. The molecule has 0 spiro atoms. The van der Waals surface area contributed by atoms with Crippen molar-refractivity contribution in [1.82, 2.24) is 5.32 Å². The molecule has 94 valence electrons. The molecule has 1 unspecified atom stereocenters. The summed E-state index contributed by atoms with van der Waals surface area (Å²) in [5.74, 6) is 0.748. The van der Waals surface area contributed by atoms with Crippen LogP contribution < -0.4 is 5.32 Å². The second kappa shape index (κ2) is 6.24. The van der Waals surface area contributed by atoms with E-state index in [-0.39, 0.29) is 11.5 Å². The van der Waals surface area contributed by atoms with Gasteiger partial charge in [0.05, 0.1) is 13.0 Å². The molecule has 0 saturated heterocycles. The zero-order valence-corrected chi connectivity index (χ0v) is 10.8. The van der Waals surface area contributed by atoms with E-state index in [4.69, 9.17) is 4.74 Å². The van der Waals surface area contributed by atoms with Crippen LogP contribution >= 0.6 is 0 Å². The topological polar surface area (TPSA) is 38.3 Å². The Labute approximate surface area is 98.9 Å². The SMILES string of the molecule is CCCNC(C)(CC(=O)OCC)CC1CC1. The molecule has 0 aliphatic heterocycles. The van der Waals surface area contributed by atoms with Crippen molar-refractivity contribution in [3.05, 3.63) is 0 Å². The minimum atomic E-state index is -0.0748. The zero-order chi connectivity index (χ0) is 12.0. The highest BCUT2D eigenvalue weighted by Crippen LogP contribution is 2.37. The average molecular weight is 227 g/mol. The van der Waals surface area contributed by atoms with Gasteiger partial charge < -0.3 is 10.1 Å². The molecular formula is C13H25NO2. The van der Waals surface area contributed by atoms with E-state index in [9.17, 15) is 4.79 Å². The Kier molecular flexibility index (Phi) is 5.26. The Morgan fingerprint density at radius 3 is 2.62 bits per heavy atom. The number of esters is 1. The normalized spacial score (nSPS) is 19.2. The van der Waals surface area contributed by atoms with Gasteiger partial charge in [-0.05, 0) is 39.2 Å². The molecule has 0 heterocycles. The van der Waals surface area contributed by atoms with Crippen LogP contribution in [0.1, 0.15) is 52.9 Å². The second-order valence-corrected chi connectivity index (χ2v) is 5.12. The van der Waals surface area contributed by atoms with E-state index >= 15 is 0 Å². The van der Waals surface area contributed by atoms with Crippen LogP contribution in [0.25, 0.3) is 0 Å². The molecule has 0 aromatic carbocycles. The molecule has 1 aliphatic carbocycles. The van der Waals surface area contributed by atoms with Gasteiger partial charge >= 0.3 is 5.97 Å². The Morgan fingerprint density at radius 1 is 1.44 bits per heavy atom. The molecule has 1 rings (SSSR count).